The first-order valence-electron chi connectivity index (χ1n) is 7.88. The third-order valence-corrected chi connectivity index (χ3v) is 5.63. The highest BCUT2D eigenvalue weighted by atomic mass is 35.5. The second kappa shape index (κ2) is 11.3. The van der Waals surface area contributed by atoms with Gasteiger partial charge in [-0.25, -0.2) is 0 Å². The average molecular weight is 390 g/mol. The van der Waals surface area contributed by atoms with Crippen LogP contribution in [-0.2, 0) is 12.2 Å². The minimum absolute atomic E-state index is 0.541. The molecule has 0 radical (unpaired) electrons. The molecule has 0 spiro atoms. The molecule has 0 saturated heterocycles. The van der Waals surface area contributed by atoms with Crippen molar-refractivity contribution >= 4 is 46.6 Å². The predicted molar refractivity (Wildman–Crippen MR) is 108 cm³/mol. The van der Waals surface area contributed by atoms with Gasteiger partial charge in [0.2, 0.25) is 0 Å². The van der Waals surface area contributed by atoms with Gasteiger partial charge in [-0.15, -0.1) is 0 Å². The Hall–Kier alpha value is -0.340. The van der Waals surface area contributed by atoms with E-state index < -0.39 is 0 Å². The predicted octanol–water partition coefficient (Wildman–Crippen LogP) is 7.93. The molecule has 0 aliphatic heterocycles. The van der Waals surface area contributed by atoms with Gasteiger partial charge in [0.05, 0.1) is 0 Å². The summed E-state index contributed by atoms with van der Waals surface area (Å²) in [5.41, 5.74) is 2.46. The molecule has 0 N–H and O–H groups in total. The summed E-state index contributed by atoms with van der Waals surface area (Å²) < 4.78 is 0. The molecule has 23 heavy (non-hydrogen) atoms. The molecule has 1 unspecified atom stereocenters. The molecular formula is C19H23Cl3S. The van der Waals surface area contributed by atoms with E-state index in [9.17, 15) is 0 Å². The molecular weight excluding hydrogens is 367 g/mol. The van der Waals surface area contributed by atoms with Crippen molar-refractivity contribution in [3.63, 3.8) is 0 Å². The molecule has 126 valence electrons. The summed E-state index contributed by atoms with van der Waals surface area (Å²) in [5.74, 6) is 0.987. The molecule has 2 aromatic carbocycles. The normalized spacial score (nSPS) is 11.6. The highest BCUT2D eigenvalue weighted by Crippen LogP contribution is 2.28. The summed E-state index contributed by atoms with van der Waals surface area (Å²) in [7, 11) is 0. The fourth-order valence-electron chi connectivity index (χ4n) is 2.05. The second-order valence-electron chi connectivity index (χ2n) is 4.91. The van der Waals surface area contributed by atoms with E-state index in [4.69, 9.17) is 34.8 Å². The fraction of sp³-hybridized carbons (Fsp3) is 0.368. The summed E-state index contributed by atoms with van der Waals surface area (Å²) in [6.45, 7) is 6.21. The average Bonchev–Trinajstić information content (AvgIpc) is 2.56. The Balaban J connectivity index is 0.00000127. The molecule has 1 atom stereocenters. The van der Waals surface area contributed by atoms with Crippen LogP contribution in [0.2, 0.25) is 15.1 Å². The first-order chi connectivity index (χ1) is 11.1. The zero-order chi connectivity index (χ0) is 17.2. The van der Waals surface area contributed by atoms with Gasteiger partial charge in [0.25, 0.3) is 0 Å². The van der Waals surface area contributed by atoms with Gasteiger partial charge in [-0.1, -0.05) is 73.8 Å². The largest absolute Gasteiger partial charge is 0.153 e. The van der Waals surface area contributed by atoms with Gasteiger partial charge < -0.3 is 0 Å². The smallest absolute Gasteiger partial charge is 0.0453 e. The number of thioether (sulfide) groups is 1. The molecule has 0 heterocycles. The second-order valence-corrected chi connectivity index (χ2v) is 7.48. The van der Waals surface area contributed by atoms with Crippen LogP contribution in [0.4, 0.5) is 0 Å². The molecule has 0 amide bonds. The Morgan fingerprint density at radius 2 is 1.52 bits per heavy atom. The SMILES string of the molecule is CC.CCC(Cc1ccc(Cl)cc1Cl)SCc1ccc(Cl)cc1. The van der Waals surface area contributed by atoms with E-state index in [1.807, 2.05) is 55.9 Å². The van der Waals surface area contributed by atoms with Crippen LogP contribution in [0.15, 0.2) is 42.5 Å². The molecule has 0 aliphatic rings. The molecule has 2 aromatic rings. The van der Waals surface area contributed by atoms with Crippen molar-refractivity contribution in [2.75, 3.05) is 0 Å². The molecule has 0 aliphatic carbocycles. The molecule has 0 saturated carbocycles. The summed E-state index contributed by atoms with van der Waals surface area (Å²) in [4.78, 5) is 0. The third kappa shape index (κ3) is 7.39. The lowest BCUT2D eigenvalue weighted by Gasteiger charge is -2.16. The Labute approximate surface area is 159 Å². The Kier molecular flexibility index (Phi) is 10.1. The lowest BCUT2D eigenvalue weighted by atomic mass is 10.1. The van der Waals surface area contributed by atoms with Crippen molar-refractivity contribution in [1.82, 2.24) is 0 Å². The Morgan fingerprint density at radius 3 is 2.09 bits per heavy atom. The monoisotopic (exact) mass is 388 g/mol. The standard InChI is InChI=1S/C17H17Cl3S.C2H6/c1-2-16(9-13-5-8-15(19)10-17(13)20)21-11-12-3-6-14(18)7-4-12;1-2/h3-8,10,16H,2,9,11H2,1H3;1-2H3. The minimum Gasteiger partial charge on any atom is -0.153 e. The van der Waals surface area contributed by atoms with Gasteiger partial charge >= 0.3 is 0 Å². The van der Waals surface area contributed by atoms with E-state index in [-0.39, 0.29) is 0 Å². The third-order valence-electron chi connectivity index (χ3n) is 3.32. The lowest BCUT2D eigenvalue weighted by Crippen LogP contribution is -2.06. The number of benzene rings is 2. The maximum Gasteiger partial charge on any atom is 0.0453 e. The summed E-state index contributed by atoms with van der Waals surface area (Å²) in [6, 6.07) is 13.8. The zero-order valence-corrected chi connectivity index (χ0v) is 16.9. The van der Waals surface area contributed by atoms with Crippen LogP contribution in [0.25, 0.3) is 0 Å². The first-order valence-corrected chi connectivity index (χ1v) is 10.1. The molecule has 4 heteroatoms. The maximum absolute atomic E-state index is 6.26. The number of halogens is 3. The molecule has 2 rings (SSSR count). The Morgan fingerprint density at radius 1 is 0.913 bits per heavy atom. The van der Waals surface area contributed by atoms with Gasteiger partial charge in [-0.05, 0) is 48.2 Å². The highest BCUT2D eigenvalue weighted by molar-refractivity contribution is 7.99. The van der Waals surface area contributed by atoms with Gasteiger partial charge in [0.1, 0.15) is 0 Å². The lowest BCUT2D eigenvalue weighted by molar-refractivity contribution is 0.815. The van der Waals surface area contributed by atoms with Crippen LogP contribution in [0, 0.1) is 0 Å². The quantitative estimate of drug-likeness (QED) is 0.483. The van der Waals surface area contributed by atoms with Gasteiger partial charge in [0, 0.05) is 26.1 Å². The summed E-state index contributed by atoms with van der Waals surface area (Å²) >= 11 is 20.1. The first kappa shape index (κ1) is 20.7. The van der Waals surface area contributed by atoms with Gasteiger partial charge in [-0.3, -0.25) is 0 Å². The summed E-state index contributed by atoms with van der Waals surface area (Å²) in [5, 5.41) is 2.77. The van der Waals surface area contributed by atoms with Gasteiger partial charge in [0.15, 0.2) is 0 Å². The number of rotatable bonds is 6. The van der Waals surface area contributed by atoms with Crippen LogP contribution < -0.4 is 0 Å². The van der Waals surface area contributed by atoms with E-state index in [2.05, 4.69) is 19.1 Å². The Bertz CT molecular complexity index is 582. The van der Waals surface area contributed by atoms with E-state index in [0.717, 1.165) is 34.2 Å². The van der Waals surface area contributed by atoms with Crippen molar-refractivity contribution in [3.05, 3.63) is 68.7 Å². The molecule has 0 aromatic heterocycles. The highest BCUT2D eigenvalue weighted by Gasteiger charge is 2.11. The minimum atomic E-state index is 0.541. The van der Waals surface area contributed by atoms with Crippen LogP contribution in [0.3, 0.4) is 0 Å². The molecule has 0 bridgehead atoms. The molecule has 0 fully saturated rings. The van der Waals surface area contributed by atoms with E-state index in [1.165, 1.54) is 5.56 Å². The maximum atomic E-state index is 6.26. The molecule has 0 nitrogen and oxygen atoms in total. The zero-order valence-electron chi connectivity index (χ0n) is 13.8. The van der Waals surface area contributed by atoms with Crippen molar-refractivity contribution in [2.45, 2.75) is 44.6 Å². The van der Waals surface area contributed by atoms with Gasteiger partial charge in [-0.2, -0.15) is 11.8 Å². The van der Waals surface area contributed by atoms with Crippen LogP contribution >= 0.6 is 46.6 Å². The van der Waals surface area contributed by atoms with Crippen molar-refractivity contribution < 1.29 is 0 Å². The fourth-order valence-corrected chi connectivity index (χ4v) is 3.81. The van der Waals surface area contributed by atoms with Crippen LogP contribution in [0.1, 0.15) is 38.3 Å². The van der Waals surface area contributed by atoms with Crippen molar-refractivity contribution in [1.29, 1.82) is 0 Å². The van der Waals surface area contributed by atoms with Crippen LogP contribution in [0.5, 0.6) is 0 Å². The van der Waals surface area contributed by atoms with E-state index in [1.54, 1.807) is 0 Å². The van der Waals surface area contributed by atoms with Crippen LogP contribution in [-0.4, -0.2) is 5.25 Å². The van der Waals surface area contributed by atoms with E-state index in [0.29, 0.717) is 10.3 Å². The number of hydrogen-bond acceptors (Lipinski definition) is 1. The van der Waals surface area contributed by atoms with E-state index >= 15 is 0 Å². The number of hydrogen-bond donors (Lipinski definition) is 0. The van der Waals surface area contributed by atoms with Crippen molar-refractivity contribution in [2.24, 2.45) is 0 Å². The summed E-state index contributed by atoms with van der Waals surface area (Å²) in [6.07, 6.45) is 2.07. The topological polar surface area (TPSA) is 0 Å². The van der Waals surface area contributed by atoms with Crippen molar-refractivity contribution in [3.8, 4) is 0 Å².